The summed E-state index contributed by atoms with van der Waals surface area (Å²) in [5, 5.41) is 3.55. The standard InChI is InChI=1S/C15H18N2O/c18-15-13-7-3-6-12(16-13)14-11-5-2-1-4-10(11)8-9-17(14)15/h1-2,4-5,12-14,16H,3,6-9H2/t12-,13+,14?/m1/s1. The van der Waals surface area contributed by atoms with Crippen molar-refractivity contribution in [3.05, 3.63) is 35.4 Å². The van der Waals surface area contributed by atoms with E-state index in [0.29, 0.717) is 11.9 Å². The van der Waals surface area contributed by atoms with E-state index in [-0.39, 0.29) is 12.1 Å². The number of piperidine rings is 1. The molecule has 94 valence electrons. The maximum absolute atomic E-state index is 12.4. The monoisotopic (exact) mass is 242 g/mol. The molecule has 1 aromatic rings. The van der Waals surface area contributed by atoms with Crippen molar-refractivity contribution in [1.29, 1.82) is 0 Å². The van der Waals surface area contributed by atoms with E-state index in [0.717, 1.165) is 19.4 Å². The van der Waals surface area contributed by atoms with Crippen LogP contribution in [0.2, 0.25) is 0 Å². The minimum atomic E-state index is 0.0882. The van der Waals surface area contributed by atoms with Crippen molar-refractivity contribution in [1.82, 2.24) is 10.2 Å². The smallest absolute Gasteiger partial charge is 0.240 e. The summed E-state index contributed by atoms with van der Waals surface area (Å²) >= 11 is 0. The lowest BCUT2D eigenvalue weighted by Crippen LogP contribution is -2.64. The Labute approximate surface area is 107 Å². The van der Waals surface area contributed by atoms with Gasteiger partial charge in [0.1, 0.15) is 0 Å². The van der Waals surface area contributed by atoms with E-state index in [1.807, 2.05) is 0 Å². The highest BCUT2D eigenvalue weighted by atomic mass is 16.2. The number of hydrogen-bond acceptors (Lipinski definition) is 2. The Morgan fingerprint density at radius 2 is 2.11 bits per heavy atom. The van der Waals surface area contributed by atoms with Gasteiger partial charge in [-0.2, -0.15) is 0 Å². The number of amides is 1. The molecule has 0 aliphatic carbocycles. The number of hydrogen-bond donors (Lipinski definition) is 1. The van der Waals surface area contributed by atoms with Crippen LogP contribution in [0.1, 0.15) is 36.4 Å². The first-order chi connectivity index (χ1) is 8.84. The Morgan fingerprint density at radius 1 is 1.22 bits per heavy atom. The minimum Gasteiger partial charge on any atom is -0.332 e. The predicted octanol–water partition coefficient (Wildman–Crippen LogP) is 1.64. The van der Waals surface area contributed by atoms with Crippen LogP contribution in [0.4, 0.5) is 0 Å². The molecule has 1 aromatic carbocycles. The highest BCUT2D eigenvalue weighted by Gasteiger charge is 2.45. The molecule has 3 heteroatoms. The lowest BCUT2D eigenvalue weighted by molar-refractivity contribution is -0.143. The fourth-order valence-electron chi connectivity index (χ4n) is 3.89. The minimum absolute atomic E-state index is 0.0882. The van der Waals surface area contributed by atoms with Crippen LogP contribution in [0, 0.1) is 0 Å². The third kappa shape index (κ3) is 1.37. The number of fused-ring (bicyclic) bond motifs is 6. The number of carbonyl (C=O) groups is 1. The molecule has 0 spiro atoms. The maximum Gasteiger partial charge on any atom is 0.240 e. The van der Waals surface area contributed by atoms with Gasteiger partial charge in [0.25, 0.3) is 0 Å². The number of rotatable bonds is 0. The molecule has 1 unspecified atom stereocenters. The lowest BCUT2D eigenvalue weighted by atomic mass is 9.80. The average molecular weight is 242 g/mol. The van der Waals surface area contributed by atoms with Gasteiger partial charge in [-0.05, 0) is 36.8 Å². The third-order valence-corrected chi connectivity index (χ3v) is 4.72. The largest absolute Gasteiger partial charge is 0.332 e. The summed E-state index contributed by atoms with van der Waals surface area (Å²) < 4.78 is 0. The van der Waals surface area contributed by atoms with Gasteiger partial charge in [0.05, 0.1) is 12.1 Å². The molecule has 3 nitrogen and oxygen atoms in total. The Kier molecular flexibility index (Phi) is 2.24. The van der Waals surface area contributed by atoms with Gasteiger partial charge in [-0.25, -0.2) is 0 Å². The first-order valence-corrected chi connectivity index (χ1v) is 6.99. The third-order valence-electron chi connectivity index (χ3n) is 4.72. The molecule has 3 heterocycles. The molecule has 0 radical (unpaired) electrons. The van der Waals surface area contributed by atoms with Crippen LogP contribution in [0.5, 0.6) is 0 Å². The maximum atomic E-state index is 12.4. The molecule has 3 aliphatic rings. The molecule has 1 amide bonds. The van der Waals surface area contributed by atoms with Crippen LogP contribution in [-0.2, 0) is 11.2 Å². The van der Waals surface area contributed by atoms with E-state index in [9.17, 15) is 4.79 Å². The SMILES string of the molecule is O=C1[C@@H]2CCC[C@@H](N2)C2c3ccccc3CCN12. The number of nitrogens with zero attached hydrogens (tertiary/aromatic N) is 1. The number of carbonyl (C=O) groups excluding carboxylic acids is 1. The summed E-state index contributed by atoms with van der Waals surface area (Å²) in [6.07, 6.45) is 4.40. The molecule has 2 fully saturated rings. The van der Waals surface area contributed by atoms with Gasteiger partial charge >= 0.3 is 0 Å². The number of nitrogens with one attached hydrogen (secondary N) is 1. The van der Waals surface area contributed by atoms with Crippen LogP contribution >= 0.6 is 0 Å². The second-order valence-corrected chi connectivity index (χ2v) is 5.68. The van der Waals surface area contributed by atoms with E-state index >= 15 is 0 Å². The fourth-order valence-corrected chi connectivity index (χ4v) is 3.89. The predicted molar refractivity (Wildman–Crippen MR) is 69.2 cm³/mol. The molecule has 18 heavy (non-hydrogen) atoms. The average Bonchev–Trinajstić information content (AvgIpc) is 2.44. The second kappa shape index (κ2) is 3.82. The van der Waals surface area contributed by atoms with Gasteiger partial charge in [0.2, 0.25) is 5.91 Å². The number of benzene rings is 1. The summed E-state index contributed by atoms with van der Waals surface area (Å²) in [6.45, 7) is 0.898. The van der Waals surface area contributed by atoms with Crippen molar-refractivity contribution in [2.75, 3.05) is 6.54 Å². The molecular weight excluding hydrogens is 224 g/mol. The first kappa shape index (κ1) is 10.6. The molecule has 4 rings (SSSR count). The van der Waals surface area contributed by atoms with Crippen molar-refractivity contribution in [3.63, 3.8) is 0 Å². The van der Waals surface area contributed by atoms with Gasteiger partial charge in [-0.15, -0.1) is 0 Å². The highest BCUT2D eigenvalue weighted by molar-refractivity contribution is 5.84. The molecule has 3 atom stereocenters. The molecule has 2 saturated heterocycles. The summed E-state index contributed by atoms with van der Waals surface area (Å²) in [7, 11) is 0. The van der Waals surface area contributed by atoms with Gasteiger partial charge in [0, 0.05) is 12.6 Å². The van der Waals surface area contributed by atoms with Gasteiger partial charge in [-0.1, -0.05) is 24.3 Å². The van der Waals surface area contributed by atoms with Crippen molar-refractivity contribution >= 4 is 5.91 Å². The van der Waals surface area contributed by atoms with Gasteiger partial charge in [0.15, 0.2) is 0 Å². The summed E-state index contributed by atoms with van der Waals surface area (Å²) in [6, 6.07) is 9.45. The molecule has 1 N–H and O–H groups in total. The highest BCUT2D eigenvalue weighted by Crippen LogP contribution is 2.39. The molecule has 0 aromatic heterocycles. The Bertz CT molecular complexity index is 499. The zero-order chi connectivity index (χ0) is 12.1. The van der Waals surface area contributed by atoms with Gasteiger partial charge in [-0.3, -0.25) is 4.79 Å². The Balaban J connectivity index is 1.80. The number of piperazine rings is 1. The summed E-state index contributed by atoms with van der Waals surface area (Å²) in [4.78, 5) is 14.6. The van der Waals surface area contributed by atoms with Crippen LogP contribution in [0.3, 0.4) is 0 Å². The van der Waals surface area contributed by atoms with E-state index in [2.05, 4.69) is 34.5 Å². The van der Waals surface area contributed by atoms with E-state index < -0.39 is 0 Å². The molecule has 2 bridgehead atoms. The van der Waals surface area contributed by atoms with Gasteiger partial charge < -0.3 is 10.2 Å². The van der Waals surface area contributed by atoms with E-state index in [4.69, 9.17) is 0 Å². The van der Waals surface area contributed by atoms with E-state index in [1.54, 1.807) is 0 Å². The molecule has 0 saturated carbocycles. The van der Waals surface area contributed by atoms with Crippen molar-refractivity contribution in [2.24, 2.45) is 0 Å². The lowest BCUT2D eigenvalue weighted by Gasteiger charge is -2.50. The topological polar surface area (TPSA) is 32.3 Å². The second-order valence-electron chi connectivity index (χ2n) is 5.68. The van der Waals surface area contributed by atoms with Crippen LogP contribution in [-0.4, -0.2) is 29.4 Å². The normalized spacial score (nSPS) is 33.9. The fraction of sp³-hybridized carbons (Fsp3) is 0.533. The Hall–Kier alpha value is -1.35. The molecular formula is C15H18N2O. The Morgan fingerprint density at radius 3 is 3.06 bits per heavy atom. The van der Waals surface area contributed by atoms with Crippen LogP contribution in [0.25, 0.3) is 0 Å². The zero-order valence-electron chi connectivity index (χ0n) is 10.4. The van der Waals surface area contributed by atoms with Crippen molar-refractivity contribution in [2.45, 2.75) is 43.8 Å². The first-order valence-electron chi connectivity index (χ1n) is 6.99. The van der Waals surface area contributed by atoms with Crippen molar-refractivity contribution in [3.8, 4) is 0 Å². The van der Waals surface area contributed by atoms with E-state index in [1.165, 1.54) is 24.0 Å². The summed E-state index contributed by atoms with van der Waals surface area (Å²) in [5.74, 6) is 0.324. The molecule has 3 aliphatic heterocycles. The zero-order valence-corrected chi connectivity index (χ0v) is 10.4. The summed E-state index contributed by atoms with van der Waals surface area (Å²) in [5.41, 5.74) is 2.80. The van der Waals surface area contributed by atoms with Crippen molar-refractivity contribution < 1.29 is 4.79 Å². The van der Waals surface area contributed by atoms with Crippen LogP contribution < -0.4 is 5.32 Å². The quantitative estimate of drug-likeness (QED) is 0.750. The van der Waals surface area contributed by atoms with Crippen LogP contribution in [0.15, 0.2) is 24.3 Å².